The Morgan fingerprint density at radius 2 is 1.82 bits per heavy atom. The van der Waals surface area contributed by atoms with Crippen molar-refractivity contribution in [1.29, 1.82) is 0 Å². The Morgan fingerprint density at radius 1 is 1.27 bits per heavy atom. The van der Waals surface area contributed by atoms with Crippen molar-refractivity contribution in [3.8, 4) is 0 Å². The summed E-state index contributed by atoms with van der Waals surface area (Å²) in [5, 5.41) is 0. The van der Waals surface area contributed by atoms with Crippen molar-refractivity contribution in [3.63, 3.8) is 0 Å². The molecule has 2 heteroatoms. The summed E-state index contributed by atoms with van der Waals surface area (Å²) in [6.07, 6.45) is 2.47. The first-order valence-corrected chi connectivity index (χ1v) is 5.21. The molecule has 0 aromatic rings. The van der Waals surface area contributed by atoms with E-state index in [4.69, 9.17) is 5.73 Å². The van der Waals surface area contributed by atoms with Crippen LogP contribution in [0.5, 0.6) is 0 Å². The number of halogens is 1. The van der Waals surface area contributed by atoms with E-state index in [1.807, 2.05) is 0 Å². The molecule has 0 aromatic heterocycles. The molecule has 0 spiro atoms. The van der Waals surface area contributed by atoms with E-state index in [9.17, 15) is 0 Å². The van der Waals surface area contributed by atoms with Crippen LogP contribution in [0, 0.1) is 10.8 Å². The standard InChI is InChI=1S/C9H16BrN/c1-7(2)8(3)4-5-9(7,11)6(8)10/h6H,4-5,11H2,1-3H3/t6-,8+,9-/m1/s1. The van der Waals surface area contributed by atoms with Crippen molar-refractivity contribution >= 4 is 15.9 Å². The molecule has 3 aliphatic carbocycles. The topological polar surface area (TPSA) is 26.0 Å². The zero-order chi connectivity index (χ0) is 8.49. The summed E-state index contributed by atoms with van der Waals surface area (Å²) in [5.41, 5.74) is 7.15. The van der Waals surface area contributed by atoms with Gasteiger partial charge in [-0.05, 0) is 23.7 Å². The Bertz CT molecular complexity index is 188. The predicted octanol–water partition coefficient (Wildman–Crippen LogP) is 2.29. The minimum absolute atomic E-state index is 0.0712. The van der Waals surface area contributed by atoms with Crippen molar-refractivity contribution in [2.75, 3.05) is 0 Å². The lowest BCUT2D eigenvalue weighted by molar-refractivity contribution is -0.0476. The maximum absolute atomic E-state index is 6.30. The van der Waals surface area contributed by atoms with Gasteiger partial charge in [-0.15, -0.1) is 0 Å². The molecule has 0 radical (unpaired) electrons. The van der Waals surface area contributed by atoms with Gasteiger partial charge in [0.15, 0.2) is 0 Å². The molecule has 1 nitrogen and oxygen atoms in total. The fraction of sp³-hybridized carbons (Fsp3) is 1.00. The second kappa shape index (κ2) is 1.69. The third-order valence-electron chi connectivity index (χ3n) is 4.66. The quantitative estimate of drug-likeness (QED) is 0.620. The molecule has 0 amide bonds. The van der Waals surface area contributed by atoms with Gasteiger partial charge in [-0.3, -0.25) is 0 Å². The van der Waals surface area contributed by atoms with Gasteiger partial charge < -0.3 is 5.73 Å². The minimum atomic E-state index is 0.0712. The molecule has 0 aliphatic heterocycles. The fourth-order valence-electron chi connectivity index (χ4n) is 3.00. The molecule has 3 saturated carbocycles. The highest BCUT2D eigenvalue weighted by Crippen LogP contribution is 2.73. The first-order chi connectivity index (χ1) is 4.86. The molecule has 2 N–H and O–H groups in total. The number of hydrogen-bond acceptors (Lipinski definition) is 1. The lowest BCUT2D eigenvalue weighted by Gasteiger charge is -2.63. The largest absolute Gasteiger partial charge is 0.324 e. The van der Waals surface area contributed by atoms with Gasteiger partial charge in [-0.2, -0.15) is 0 Å². The summed E-state index contributed by atoms with van der Waals surface area (Å²) < 4.78 is 0. The van der Waals surface area contributed by atoms with Crippen molar-refractivity contribution in [3.05, 3.63) is 0 Å². The van der Waals surface area contributed by atoms with Crippen LogP contribution < -0.4 is 5.73 Å². The van der Waals surface area contributed by atoms with E-state index in [2.05, 4.69) is 36.7 Å². The summed E-state index contributed by atoms with van der Waals surface area (Å²) in [6.45, 7) is 6.96. The molecular formula is C9H16BrN. The average molecular weight is 218 g/mol. The Kier molecular flexibility index (Phi) is 1.24. The second-order valence-corrected chi connectivity index (χ2v) is 5.86. The Hall–Kier alpha value is 0.440. The van der Waals surface area contributed by atoms with Gasteiger partial charge in [0.25, 0.3) is 0 Å². The summed E-state index contributed by atoms with van der Waals surface area (Å²) in [5.74, 6) is 0. The molecular weight excluding hydrogens is 202 g/mol. The SMILES string of the molecule is CC1(C)[C@@]2(C)CC[C@@]1(N)[C@@H]2Br. The number of hydrogen-bond donors (Lipinski definition) is 1. The van der Waals surface area contributed by atoms with E-state index in [0.29, 0.717) is 15.7 Å². The van der Waals surface area contributed by atoms with E-state index >= 15 is 0 Å². The van der Waals surface area contributed by atoms with Crippen LogP contribution in [0.2, 0.25) is 0 Å². The summed E-state index contributed by atoms with van der Waals surface area (Å²) >= 11 is 3.72. The van der Waals surface area contributed by atoms with Crippen LogP contribution in [0.1, 0.15) is 33.6 Å². The molecule has 11 heavy (non-hydrogen) atoms. The molecule has 0 heterocycles. The van der Waals surface area contributed by atoms with E-state index in [0.717, 1.165) is 0 Å². The first kappa shape index (κ1) is 8.06. The lowest BCUT2D eigenvalue weighted by atomic mass is 9.48. The molecule has 0 unspecified atom stereocenters. The number of fused-ring (bicyclic) bond motifs is 1. The van der Waals surface area contributed by atoms with Crippen LogP contribution >= 0.6 is 15.9 Å². The van der Waals surface area contributed by atoms with Gasteiger partial charge in [0.05, 0.1) is 0 Å². The molecule has 3 rings (SSSR count). The van der Waals surface area contributed by atoms with Crippen molar-refractivity contribution < 1.29 is 0 Å². The summed E-state index contributed by atoms with van der Waals surface area (Å²) in [6, 6.07) is 0. The number of nitrogens with two attached hydrogens (primary N) is 1. The average Bonchev–Trinajstić information content (AvgIpc) is 2.26. The zero-order valence-corrected chi connectivity index (χ0v) is 9.03. The van der Waals surface area contributed by atoms with Crippen LogP contribution in [0.25, 0.3) is 0 Å². The smallest absolute Gasteiger partial charge is 0.0390 e. The van der Waals surface area contributed by atoms with Crippen molar-refractivity contribution in [2.45, 2.75) is 44.0 Å². The maximum Gasteiger partial charge on any atom is 0.0390 e. The van der Waals surface area contributed by atoms with Gasteiger partial charge in [0.1, 0.15) is 0 Å². The monoisotopic (exact) mass is 217 g/mol. The number of alkyl halides is 1. The molecule has 3 aliphatic rings. The zero-order valence-electron chi connectivity index (χ0n) is 7.45. The number of rotatable bonds is 0. The Morgan fingerprint density at radius 3 is 1.91 bits per heavy atom. The Balaban J connectivity index is 2.45. The van der Waals surface area contributed by atoms with Gasteiger partial charge >= 0.3 is 0 Å². The highest BCUT2D eigenvalue weighted by Gasteiger charge is 2.75. The Labute approximate surface area is 76.9 Å². The molecule has 0 saturated heterocycles. The third kappa shape index (κ3) is 0.531. The molecule has 64 valence electrons. The molecule has 2 bridgehead atoms. The van der Waals surface area contributed by atoms with E-state index in [-0.39, 0.29) is 5.54 Å². The van der Waals surface area contributed by atoms with Crippen LogP contribution in [0.4, 0.5) is 0 Å². The van der Waals surface area contributed by atoms with Crippen LogP contribution in [-0.2, 0) is 0 Å². The predicted molar refractivity (Wildman–Crippen MR) is 50.8 cm³/mol. The minimum Gasteiger partial charge on any atom is -0.324 e. The third-order valence-corrected chi connectivity index (χ3v) is 6.49. The van der Waals surface area contributed by atoms with Crippen LogP contribution in [0.15, 0.2) is 0 Å². The maximum atomic E-state index is 6.30. The fourth-order valence-corrected chi connectivity index (χ4v) is 4.60. The first-order valence-electron chi connectivity index (χ1n) is 4.29. The van der Waals surface area contributed by atoms with Gasteiger partial charge in [-0.1, -0.05) is 36.7 Å². The highest BCUT2D eigenvalue weighted by molar-refractivity contribution is 9.09. The normalized spacial score (nSPS) is 59.2. The molecule has 3 fully saturated rings. The highest BCUT2D eigenvalue weighted by atomic mass is 79.9. The van der Waals surface area contributed by atoms with Crippen LogP contribution in [0.3, 0.4) is 0 Å². The second-order valence-electron chi connectivity index (χ2n) is 4.95. The summed E-state index contributed by atoms with van der Waals surface area (Å²) in [4.78, 5) is 0.539. The summed E-state index contributed by atoms with van der Waals surface area (Å²) in [7, 11) is 0. The lowest BCUT2D eigenvalue weighted by Crippen LogP contribution is -2.73. The van der Waals surface area contributed by atoms with Gasteiger partial charge in [-0.25, -0.2) is 0 Å². The van der Waals surface area contributed by atoms with Gasteiger partial charge in [0.2, 0.25) is 0 Å². The van der Waals surface area contributed by atoms with Crippen LogP contribution in [-0.4, -0.2) is 10.4 Å². The molecule has 0 aromatic carbocycles. The van der Waals surface area contributed by atoms with E-state index in [1.54, 1.807) is 0 Å². The van der Waals surface area contributed by atoms with Crippen molar-refractivity contribution in [2.24, 2.45) is 16.6 Å². The van der Waals surface area contributed by atoms with Crippen molar-refractivity contribution in [1.82, 2.24) is 0 Å². The van der Waals surface area contributed by atoms with Gasteiger partial charge in [0, 0.05) is 10.4 Å². The molecule has 3 atom stereocenters. The van der Waals surface area contributed by atoms with E-state index in [1.165, 1.54) is 12.8 Å². The van der Waals surface area contributed by atoms with E-state index < -0.39 is 0 Å².